The molecule has 1 aliphatic heterocycles. The van der Waals surface area contributed by atoms with Gasteiger partial charge in [-0.3, -0.25) is 9.59 Å². The van der Waals surface area contributed by atoms with Crippen molar-refractivity contribution in [3.05, 3.63) is 52.6 Å². The lowest BCUT2D eigenvalue weighted by Crippen LogP contribution is -2.30. The van der Waals surface area contributed by atoms with Crippen LogP contribution in [0.4, 0.5) is 5.69 Å². The Bertz CT molecular complexity index is 883. The van der Waals surface area contributed by atoms with Crippen molar-refractivity contribution >= 4 is 17.6 Å². The number of esters is 1. The topological polar surface area (TPSA) is 73.9 Å². The lowest BCUT2D eigenvalue weighted by atomic mass is 10.0. The van der Waals surface area contributed by atoms with Crippen LogP contribution in [0.1, 0.15) is 35.6 Å². The molecule has 0 bridgehead atoms. The van der Waals surface area contributed by atoms with E-state index < -0.39 is 12.1 Å². The fraction of sp³-hybridized carbons (Fsp3) is 0.364. The van der Waals surface area contributed by atoms with E-state index in [1.807, 2.05) is 51.1 Å². The summed E-state index contributed by atoms with van der Waals surface area (Å²) in [5, 5.41) is 2.87. The number of ether oxygens (including phenoxy) is 3. The molecule has 0 saturated heterocycles. The number of fused-ring (bicyclic) bond motifs is 1. The van der Waals surface area contributed by atoms with Gasteiger partial charge in [0.2, 0.25) is 6.79 Å². The maximum Gasteiger partial charge on any atom is 0.306 e. The summed E-state index contributed by atoms with van der Waals surface area (Å²) in [7, 11) is 0. The maximum atomic E-state index is 12.4. The van der Waals surface area contributed by atoms with Crippen molar-refractivity contribution < 1.29 is 23.8 Å². The summed E-state index contributed by atoms with van der Waals surface area (Å²) in [6.45, 7) is 7.69. The number of carbonyl (C=O) groups excluding carboxylic acids is 2. The molecule has 1 aliphatic rings. The number of carbonyl (C=O) groups is 2. The molecule has 1 N–H and O–H groups in total. The van der Waals surface area contributed by atoms with Gasteiger partial charge in [-0.05, 0) is 62.9 Å². The highest BCUT2D eigenvalue weighted by molar-refractivity contribution is 5.96. The number of benzene rings is 2. The van der Waals surface area contributed by atoms with Crippen molar-refractivity contribution in [1.29, 1.82) is 0 Å². The molecule has 2 aromatic rings. The Hall–Kier alpha value is -3.02. The van der Waals surface area contributed by atoms with Crippen LogP contribution in [0.2, 0.25) is 0 Å². The standard InChI is InChI=1S/C22H25NO5/c1-13-9-14(2)21(15(3)10-13)23-22(25)16(4)28-20(24)8-6-17-5-7-18-19(11-17)27-12-26-18/h5,7,9-11,16H,6,8,12H2,1-4H3,(H,23,25). The van der Waals surface area contributed by atoms with Gasteiger partial charge in [-0.15, -0.1) is 0 Å². The molecule has 0 fully saturated rings. The Balaban J connectivity index is 1.52. The molecule has 0 radical (unpaired) electrons. The van der Waals surface area contributed by atoms with E-state index in [4.69, 9.17) is 14.2 Å². The van der Waals surface area contributed by atoms with Crippen LogP contribution in [0.25, 0.3) is 0 Å². The van der Waals surface area contributed by atoms with Gasteiger partial charge in [-0.1, -0.05) is 23.8 Å². The Morgan fingerprint density at radius 1 is 1.07 bits per heavy atom. The Morgan fingerprint density at radius 2 is 1.75 bits per heavy atom. The van der Waals surface area contributed by atoms with E-state index >= 15 is 0 Å². The fourth-order valence-electron chi connectivity index (χ4n) is 3.25. The number of amides is 1. The number of aryl methyl sites for hydroxylation is 4. The molecule has 6 nitrogen and oxygen atoms in total. The van der Waals surface area contributed by atoms with Crippen molar-refractivity contribution in [2.45, 2.75) is 46.6 Å². The van der Waals surface area contributed by atoms with E-state index in [1.165, 1.54) is 0 Å². The van der Waals surface area contributed by atoms with Gasteiger partial charge in [0.05, 0.1) is 0 Å². The smallest absolute Gasteiger partial charge is 0.306 e. The van der Waals surface area contributed by atoms with E-state index in [1.54, 1.807) is 6.92 Å². The summed E-state index contributed by atoms with van der Waals surface area (Å²) < 4.78 is 15.9. The third-order valence-corrected chi connectivity index (χ3v) is 4.66. The van der Waals surface area contributed by atoms with Crippen LogP contribution in [0.3, 0.4) is 0 Å². The maximum absolute atomic E-state index is 12.4. The predicted octanol–water partition coefficient (Wildman–Crippen LogP) is 3.84. The van der Waals surface area contributed by atoms with Gasteiger partial charge in [-0.2, -0.15) is 0 Å². The highest BCUT2D eigenvalue weighted by atomic mass is 16.7. The first-order valence-corrected chi connectivity index (χ1v) is 9.30. The average molecular weight is 383 g/mol. The summed E-state index contributed by atoms with van der Waals surface area (Å²) in [5.74, 6) is 0.630. The number of hydrogen-bond acceptors (Lipinski definition) is 5. The van der Waals surface area contributed by atoms with Crippen molar-refractivity contribution in [3.8, 4) is 11.5 Å². The van der Waals surface area contributed by atoms with Crippen LogP contribution in [0.15, 0.2) is 30.3 Å². The largest absolute Gasteiger partial charge is 0.454 e. The highest BCUT2D eigenvalue weighted by Crippen LogP contribution is 2.32. The summed E-state index contributed by atoms with van der Waals surface area (Å²) in [5.41, 5.74) is 4.80. The van der Waals surface area contributed by atoms with Crippen LogP contribution < -0.4 is 14.8 Å². The predicted molar refractivity (Wildman–Crippen MR) is 106 cm³/mol. The van der Waals surface area contributed by atoms with E-state index in [0.717, 1.165) is 27.9 Å². The van der Waals surface area contributed by atoms with Gasteiger partial charge in [0.15, 0.2) is 17.6 Å². The summed E-state index contributed by atoms with van der Waals surface area (Å²) in [4.78, 5) is 24.6. The molecule has 0 aromatic heterocycles. The van der Waals surface area contributed by atoms with Gasteiger partial charge in [0.1, 0.15) is 0 Å². The van der Waals surface area contributed by atoms with Crippen molar-refractivity contribution in [3.63, 3.8) is 0 Å². The summed E-state index contributed by atoms with van der Waals surface area (Å²) in [6, 6.07) is 9.58. The van der Waals surface area contributed by atoms with Gasteiger partial charge in [-0.25, -0.2) is 0 Å². The Labute approximate surface area is 164 Å². The molecule has 1 atom stereocenters. The lowest BCUT2D eigenvalue weighted by Gasteiger charge is -2.17. The zero-order valence-corrected chi connectivity index (χ0v) is 16.6. The van der Waals surface area contributed by atoms with Gasteiger partial charge in [0, 0.05) is 12.1 Å². The Morgan fingerprint density at radius 3 is 2.46 bits per heavy atom. The molecule has 0 spiro atoms. The molecule has 28 heavy (non-hydrogen) atoms. The van der Waals surface area contributed by atoms with E-state index in [9.17, 15) is 9.59 Å². The second-order valence-electron chi connectivity index (χ2n) is 7.08. The number of nitrogens with one attached hydrogen (secondary N) is 1. The molecule has 1 heterocycles. The first kappa shape index (κ1) is 19.7. The van der Waals surface area contributed by atoms with E-state index in [-0.39, 0.29) is 19.1 Å². The van der Waals surface area contributed by atoms with E-state index in [0.29, 0.717) is 17.9 Å². The zero-order chi connectivity index (χ0) is 20.3. The highest BCUT2D eigenvalue weighted by Gasteiger charge is 2.20. The molecule has 3 rings (SSSR count). The Kier molecular flexibility index (Phi) is 5.87. The molecular weight excluding hydrogens is 358 g/mol. The first-order chi connectivity index (χ1) is 13.3. The summed E-state index contributed by atoms with van der Waals surface area (Å²) >= 11 is 0. The molecule has 1 unspecified atom stereocenters. The van der Waals surface area contributed by atoms with Crippen molar-refractivity contribution in [1.82, 2.24) is 0 Å². The summed E-state index contributed by atoms with van der Waals surface area (Å²) in [6.07, 6.45) is -0.191. The second kappa shape index (κ2) is 8.33. The third-order valence-electron chi connectivity index (χ3n) is 4.66. The SMILES string of the molecule is Cc1cc(C)c(NC(=O)C(C)OC(=O)CCc2ccc3c(c2)OCO3)c(C)c1. The minimum atomic E-state index is -0.871. The van der Waals surface area contributed by atoms with Crippen LogP contribution in [-0.4, -0.2) is 24.8 Å². The molecule has 6 heteroatoms. The molecule has 148 valence electrons. The average Bonchev–Trinajstić information content (AvgIpc) is 3.10. The van der Waals surface area contributed by atoms with Gasteiger partial charge >= 0.3 is 5.97 Å². The molecular formula is C22H25NO5. The minimum Gasteiger partial charge on any atom is -0.454 e. The van der Waals surface area contributed by atoms with Crippen LogP contribution in [0, 0.1) is 20.8 Å². The van der Waals surface area contributed by atoms with Crippen molar-refractivity contribution in [2.24, 2.45) is 0 Å². The van der Waals surface area contributed by atoms with Crippen LogP contribution in [-0.2, 0) is 20.7 Å². The van der Waals surface area contributed by atoms with Gasteiger partial charge < -0.3 is 19.5 Å². The fourth-order valence-corrected chi connectivity index (χ4v) is 3.25. The van der Waals surface area contributed by atoms with E-state index in [2.05, 4.69) is 5.32 Å². The molecule has 0 aliphatic carbocycles. The van der Waals surface area contributed by atoms with Gasteiger partial charge in [0.25, 0.3) is 5.91 Å². The normalized spacial score (nSPS) is 13.1. The molecule has 0 saturated carbocycles. The first-order valence-electron chi connectivity index (χ1n) is 9.30. The zero-order valence-electron chi connectivity index (χ0n) is 16.6. The van der Waals surface area contributed by atoms with Crippen LogP contribution in [0.5, 0.6) is 11.5 Å². The quantitative estimate of drug-likeness (QED) is 0.767. The number of hydrogen-bond donors (Lipinski definition) is 1. The number of anilines is 1. The second-order valence-corrected chi connectivity index (χ2v) is 7.08. The lowest BCUT2D eigenvalue weighted by molar-refractivity contribution is -0.153. The monoisotopic (exact) mass is 383 g/mol. The third kappa shape index (κ3) is 4.63. The van der Waals surface area contributed by atoms with Crippen LogP contribution >= 0.6 is 0 Å². The molecule has 2 aromatic carbocycles. The van der Waals surface area contributed by atoms with Crippen molar-refractivity contribution in [2.75, 3.05) is 12.1 Å². The number of rotatable bonds is 6. The minimum absolute atomic E-state index is 0.180. The molecule has 1 amide bonds.